The molecule has 1 atom stereocenters. The summed E-state index contributed by atoms with van der Waals surface area (Å²) < 4.78 is 9.94. The Morgan fingerprint density at radius 2 is 2.11 bits per heavy atom. The van der Waals surface area contributed by atoms with Gasteiger partial charge in [0.2, 0.25) is 5.91 Å². The van der Waals surface area contributed by atoms with Crippen LogP contribution in [0.25, 0.3) is 0 Å². The summed E-state index contributed by atoms with van der Waals surface area (Å²) in [5.41, 5.74) is 1.47. The Morgan fingerprint density at radius 3 is 2.81 bits per heavy atom. The van der Waals surface area contributed by atoms with E-state index >= 15 is 0 Å². The number of amides is 1. The number of hydrogen-bond donors (Lipinski definition) is 0. The topological polar surface area (TPSA) is 58.6 Å². The predicted molar refractivity (Wildman–Crippen MR) is 106 cm³/mol. The Hall–Kier alpha value is -1.05. The standard InChI is InChI=1S/C20H32N4O2S/c1-15(2)19-17(27-22-21-19)13-23-9-7-20(8-10-23)6-5-18(25)24(14-20)12-16-4-3-11-26-16/h15-16H,3-14H2,1-2H3/t16-/m0/s1. The highest BCUT2D eigenvalue weighted by Crippen LogP contribution is 2.41. The maximum atomic E-state index is 12.4. The van der Waals surface area contributed by atoms with Crippen LogP contribution in [0.3, 0.4) is 0 Å². The Labute approximate surface area is 166 Å². The van der Waals surface area contributed by atoms with Crippen molar-refractivity contribution < 1.29 is 9.53 Å². The Kier molecular flexibility index (Phi) is 5.81. The van der Waals surface area contributed by atoms with Gasteiger partial charge in [-0.05, 0) is 68.1 Å². The van der Waals surface area contributed by atoms with Gasteiger partial charge < -0.3 is 9.64 Å². The minimum absolute atomic E-state index is 0.262. The number of likely N-dealkylation sites (tertiary alicyclic amines) is 2. The summed E-state index contributed by atoms with van der Waals surface area (Å²) in [4.78, 5) is 18.4. The monoisotopic (exact) mass is 392 g/mol. The van der Waals surface area contributed by atoms with E-state index < -0.39 is 0 Å². The van der Waals surface area contributed by atoms with Gasteiger partial charge in [0, 0.05) is 32.7 Å². The Bertz CT molecular complexity index is 648. The molecule has 1 aromatic rings. The van der Waals surface area contributed by atoms with E-state index in [0.717, 1.165) is 64.3 Å². The maximum absolute atomic E-state index is 12.4. The molecule has 0 bridgehead atoms. The summed E-state index contributed by atoms with van der Waals surface area (Å²) in [6, 6.07) is 0. The summed E-state index contributed by atoms with van der Waals surface area (Å²) in [6.45, 7) is 10.2. The van der Waals surface area contributed by atoms with Crippen LogP contribution < -0.4 is 0 Å². The van der Waals surface area contributed by atoms with Gasteiger partial charge in [0.25, 0.3) is 0 Å². The molecule has 4 rings (SSSR count). The lowest BCUT2D eigenvalue weighted by atomic mass is 9.72. The van der Waals surface area contributed by atoms with Gasteiger partial charge in [-0.15, -0.1) is 5.10 Å². The number of nitrogens with zero attached hydrogens (tertiary/aromatic N) is 4. The maximum Gasteiger partial charge on any atom is 0.222 e. The molecule has 1 spiro atoms. The normalized spacial score (nSPS) is 26.4. The number of piperidine rings is 2. The molecule has 3 fully saturated rings. The van der Waals surface area contributed by atoms with Crippen LogP contribution in [0.5, 0.6) is 0 Å². The van der Waals surface area contributed by atoms with Gasteiger partial charge in [0.1, 0.15) is 0 Å². The highest BCUT2D eigenvalue weighted by molar-refractivity contribution is 7.05. The molecule has 7 heteroatoms. The highest BCUT2D eigenvalue weighted by Gasteiger charge is 2.41. The Morgan fingerprint density at radius 1 is 1.30 bits per heavy atom. The van der Waals surface area contributed by atoms with Crippen molar-refractivity contribution in [2.75, 3.05) is 32.8 Å². The van der Waals surface area contributed by atoms with E-state index in [1.165, 1.54) is 17.7 Å². The first kappa shape index (κ1) is 19.3. The molecule has 3 saturated heterocycles. The number of hydrogen-bond acceptors (Lipinski definition) is 6. The van der Waals surface area contributed by atoms with E-state index in [2.05, 4.69) is 33.2 Å². The lowest BCUT2D eigenvalue weighted by Crippen LogP contribution is -2.52. The summed E-state index contributed by atoms with van der Waals surface area (Å²) >= 11 is 1.55. The zero-order valence-electron chi connectivity index (χ0n) is 16.7. The predicted octanol–water partition coefficient (Wildman–Crippen LogP) is 3.05. The van der Waals surface area contributed by atoms with Gasteiger partial charge in [-0.25, -0.2) is 0 Å². The van der Waals surface area contributed by atoms with E-state index in [-0.39, 0.29) is 6.10 Å². The van der Waals surface area contributed by atoms with Gasteiger partial charge in [-0.1, -0.05) is 18.3 Å². The minimum Gasteiger partial charge on any atom is -0.376 e. The Balaban J connectivity index is 1.33. The fraction of sp³-hybridized carbons (Fsp3) is 0.850. The molecule has 6 nitrogen and oxygen atoms in total. The van der Waals surface area contributed by atoms with Crippen molar-refractivity contribution in [3.05, 3.63) is 10.6 Å². The second kappa shape index (κ2) is 8.13. The molecule has 150 valence electrons. The van der Waals surface area contributed by atoms with E-state index in [4.69, 9.17) is 4.74 Å². The molecule has 1 aromatic heterocycles. The molecular formula is C20H32N4O2S. The van der Waals surface area contributed by atoms with Crippen LogP contribution in [0.15, 0.2) is 0 Å². The molecule has 27 heavy (non-hydrogen) atoms. The van der Waals surface area contributed by atoms with Gasteiger partial charge in [-0.3, -0.25) is 9.69 Å². The van der Waals surface area contributed by atoms with Crippen LogP contribution in [-0.2, 0) is 16.1 Å². The van der Waals surface area contributed by atoms with Crippen LogP contribution in [0.4, 0.5) is 0 Å². The molecule has 3 aliphatic heterocycles. The highest BCUT2D eigenvalue weighted by atomic mass is 32.1. The largest absolute Gasteiger partial charge is 0.376 e. The molecule has 0 N–H and O–H groups in total. The van der Waals surface area contributed by atoms with Crippen LogP contribution in [0.1, 0.15) is 68.9 Å². The number of rotatable bonds is 5. The van der Waals surface area contributed by atoms with Crippen LogP contribution in [0, 0.1) is 5.41 Å². The van der Waals surface area contributed by atoms with Crippen molar-refractivity contribution in [2.45, 2.75) is 70.9 Å². The van der Waals surface area contributed by atoms with E-state index in [1.54, 1.807) is 11.5 Å². The van der Waals surface area contributed by atoms with Crippen molar-refractivity contribution in [1.82, 2.24) is 19.4 Å². The minimum atomic E-state index is 0.262. The molecule has 0 unspecified atom stereocenters. The summed E-state index contributed by atoms with van der Waals surface area (Å²) in [5.74, 6) is 0.765. The smallest absolute Gasteiger partial charge is 0.222 e. The quantitative estimate of drug-likeness (QED) is 0.771. The molecular weight excluding hydrogens is 360 g/mol. The molecule has 4 heterocycles. The molecule has 0 aromatic carbocycles. The third-order valence-electron chi connectivity index (χ3n) is 6.61. The second-order valence-corrected chi connectivity index (χ2v) is 9.76. The fourth-order valence-corrected chi connectivity index (χ4v) is 5.70. The first-order chi connectivity index (χ1) is 13.0. The van der Waals surface area contributed by atoms with E-state index in [1.807, 2.05) is 0 Å². The van der Waals surface area contributed by atoms with E-state index in [9.17, 15) is 4.79 Å². The van der Waals surface area contributed by atoms with E-state index in [0.29, 0.717) is 23.7 Å². The molecule has 3 aliphatic rings. The lowest BCUT2D eigenvalue weighted by molar-refractivity contribution is -0.141. The number of carbonyl (C=O) groups excluding carboxylic acids is 1. The fourth-order valence-electron chi connectivity index (χ4n) is 4.86. The summed E-state index contributed by atoms with van der Waals surface area (Å²) in [6.07, 6.45) is 6.64. The zero-order chi connectivity index (χ0) is 18.9. The number of ether oxygens (including phenoxy) is 1. The number of carbonyl (C=O) groups is 1. The van der Waals surface area contributed by atoms with Crippen molar-refractivity contribution in [2.24, 2.45) is 5.41 Å². The third kappa shape index (κ3) is 4.35. The third-order valence-corrected chi connectivity index (χ3v) is 7.33. The van der Waals surface area contributed by atoms with Gasteiger partial charge >= 0.3 is 0 Å². The van der Waals surface area contributed by atoms with Crippen molar-refractivity contribution in [1.29, 1.82) is 0 Å². The average molecular weight is 393 g/mol. The van der Waals surface area contributed by atoms with Gasteiger partial charge in [0.15, 0.2) is 0 Å². The zero-order valence-corrected chi connectivity index (χ0v) is 17.5. The lowest BCUT2D eigenvalue weighted by Gasteiger charge is -2.47. The first-order valence-electron chi connectivity index (χ1n) is 10.5. The molecule has 1 amide bonds. The van der Waals surface area contributed by atoms with Crippen LogP contribution in [0.2, 0.25) is 0 Å². The van der Waals surface area contributed by atoms with Crippen molar-refractivity contribution >= 4 is 17.4 Å². The molecule has 0 saturated carbocycles. The summed E-state index contributed by atoms with van der Waals surface area (Å²) in [7, 11) is 0. The van der Waals surface area contributed by atoms with Gasteiger partial charge in [0.05, 0.1) is 16.7 Å². The SMILES string of the molecule is CC(C)c1nnsc1CN1CCC2(CCC(=O)N(C[C@@H]3CCCO3)C2)CC1. The van der Waals surface area contributed by atoms with Crippen LogP contribution >= 0.6 is 11.5 Å². The van der Waals surface area contributed by atoms with Crippen molar-refractivity contribution in [3.8, 4) is 0 Å². The number of aromatic nitrogens is 2. The average Bonchev–Trinajstić information content (AvgIpc) is 3.32. The van der Waals surface area contributed by atoms with Crippen molar-refractivity contribution in [3.63, 3.8) is 0 Å². The van der Waals surface area contributed by atoms with Gasteiger partial charge in [-0.2, -0.15) is 0 Å². The second-order valence-electron chi connectivity index (χ2n) is 8.92. The van der Waals surface area contributed by atoms with Crippen LogP contribution in [-0.4, -0.2) is 64.2 Å². The molecule has 0 aliphatic carbocycles. The first-order valence-corrected chi connectivity index (χ1v) is 11.2. The summed E-state index contributed by atoms with van der Waals surface area (Å²) in [5, 5.41) is 4.32. The molecule has 0 radical (unpaired) electrons.